The second-order valence-corrected chi connectivity index (χ2v) is 3.10. The smallest absolute Gasteiger partial charge is 0.726 e. The molecule has 1 heterocycles. The number of hydrogen-bond donors (Lipinski definition) is 2. The summed E-state index contributed by atoms with van der Waals surface area (Å²) in [5, 5.41) is 20.6. The maximum atomic E-state index is 8.91. The fraction of sp³-hybridized carbons (Fsp3) is 1.00. The van der Waals surface area contributed by atoms with Crippen molar-refractivity contribution in [2.24, 2.45) is 0 Å². The molecule has 1 aliphatic heterocycles. The monoisotopic (exact) mass is 278 g/mol. The van der Waals surface area contributed by atoms with E-state index in [0.29, 0.717) is 0 Å². The summed E-state index contributed by atoms with van der Waals surface area (Å²) < 4.78 is 33.9. The molecule has 0 unspecified atom stereocenters. The summed E-state index contributed by atoms with van der Waals surface area (Å²) >= 11 is 0. The second-order valence-electron chi connectivity index (χ2n) is 2.15. The molecule has 88 valence electrons. The van der Waals surface area contributed by atoms with Crippen LogP contribution in [-0.4, -0.2) is 36.7 Å². The van der Waals surface area contributed by atoms with Crippen LogP contribution in [0.15, 0.2) is 0 Å². The van der Waals surface area contributed by atoms with Gasteiger partial charge in [-0.25, -0.2) is 8.42 Å². The number of rotatable bonds is 1. The number of ether oxygens (including phenoxy) is 1. The standard InChI is InChI=1S/C5H10O.2Na.H2O5S.H2O2/c1-2-4-6-5-3-1;;;1-5-6(2,3)4;1-2/h1-5H2;;;1H,(H,2,3,4);1-2H/q;2*+1;;/p-2. The van der Waals surface area contributed by atoms with Crippen molar-refractivity contribution < 1.29 is 96.9 Å². The van der Waals surface area contributed by atoms with Gasteiger partial charge in [-0.15, -0.1) is 0 Å². The summed E-state index contributed by atoms with van der Waals surface area (Å²) in [4.78, 5) is 0. The van der Waals surface area contributed by atoms with Crippen LogP contribution < -0.4 is 64.4 Å². The molecule has 8 nitrogen and oxygen atoms in total. The van der Waals surface area contributed by atoms with Crippen molar-refractivity contribution in [2.75, 3.05) is 13.2 Å². The fourth-order valence-electron chi connectivity index (χ4n) is 0.687. The molecule has 0 radical (unpaired) electrons. The molecule has 11 heteroatoms. The molecule has 0 aromatic heterocycles. The third-order valence-electron chi connectivity index (χ3n) is 1.16. The van der Waals surface area contributed by atoms with Gasteiger partial charge in [0.1, 0.15) is 0 Å². The molecule has 1 aliphatic rings. The fourth-order valence-corrected chi connectivity index (χ4v) is 0.687. The van der Waals surface area contributed by atoms with Gasteiger partial charge in [0.15, 0.2) is 0 Å². The maximum Gasteiger partial charge on any atom is 1.00 e. The van der Waals surface area contributed by atoms with Crippen LogP contribution in [0.2, 0.25) is 0 Å². The summed E-state index contributed by atoms with van der Waals surface area (Å²) in [6.45, 7) is 2.00. The zero-order chi connectivity index (χ0) is 11.4. The topological polar surface area (TPSA) is 139 Å². The summed E-state index contributed by atoms with van der Waals surface area (Å²) in [6.07, 6.45) is 3.93. The van der Waals surface area contributed by atoms with Gasteiger partial charge in [0, 0.05) is 13.2 Å². The Balaban J connectivity index is -0.0000000703. The maximum absolute atomic E-state index is 8.91. The van der Waals surface area contributed by atoms with Gasteiger partial charge in [0.2, 0.25) is 10.4 Å². The van der Waals surface area contributed by atoms with Gasteiger partial charge >= 0.3 is 59.1 Å². The van der Waals surface area contributed by atoms with Crippen molar-refractivity contribution in [1.29, 1.82) is 0 Å². The van der Waals surface area contributed by atoms with Crippen LogP contribution in [0.5, 0.6) is 0 Å². The molecule has 0 bridgehead atoms. The van der Waals surface area contributed by atoms with E-state index in [2.05, 4.69) is 4.33 Å². The zero-order valence-electron chi connectivity index (χ0n) is 9.29. The molecule has 0 aromatic rings. The first-order valence-corrected chi connectivity index (χ1v) is 4.94. The van der Waals surface area contributed by atoms with Crippen molar-refractivity contribution >= 4 is 10.4 Å². The molecule has 16 heavy (non-hydrogen) atoms. The van der Waals surface area contributed by atoms with E-state index < -0.39 is 10.4 Å². The minimum atomic E-state index is -4.97. The van der Waals surface area contributed by atoms with Gasteiger partial charge in [-0.2, -0.15) is 0 Å². The average Bonchev–Trinajstić information content (AvgIpc) is 2.23. The van der Waals surface area contributed by atoms with Gasteiger partial charge in [-0.3, -0.25) is 10.5 Å². The van der Waals surface area contributed by atoms with Gasteiger partial charge in [-0.05, 0) is 19.3 Å². The summed E-state index contributed by atoms with van der Waals surface area (Å²) in [5.41, 5.74) is 0. The van der Waals surface area contributed by atoms with Crippen LogP contribution in [0.25, 0.3) is 0 Å². The predicted molar refractivity (Wildman–Crippen MR) is 40.7 cm³/mol. The molecular formula is C5H12Na2O8S. The molecule has 0 spiro atoms. The van der Waals surface area contributed by atoms with Crippen LogP contribution in [0, 0.1) is 0 Å². The molecule has 0 aromatic carbocycles. The van der Waals surface area contributed by atoms with Crippen LogP contribution >= 0.6 is 0 Å². The molecule has 0 atom stereocenters. The van der Waals surface area contributed by atoms with E-state index in [1.165, 1.54) is 19.3 Å². The Morgan fingerprint density at radius 1 is 1.06 bits per heavy atom. The van der Waals surface area contributed by atoms with Crippen LogP contribution in [0.3, 0.4) is 0 Å². The molecule has 0 aliphatic carbocycles. The summed E-state index contributed by atoms with van der Waals surface area (Å²) in [7, 11) is -4.97. The van der Waals surface area contributed by atoms with E-state index in [0.717, 1.165) is 13.2 Å². The normalized spacial score (nSPS) is 13.8. The third-order valence-corrected chi connectivity index (χ3v) is 1.33. The first-order chi connectivity index (χ1) is 6.56. The number of hydrogen-bond acceptors (Lipinski definition) is 8. The van der Waals surface area contributed by atoms with Gasteiger partial charge in [-0.1, -0.05) is 0 Å². The quantitative estimate of drug-likeness (QED) is 0.158. The Morgan fingerprint density at radius 2 is 1.38 bits per heavy atom. The molecule has 2 N–H and O–H groups in total. The molecule has 1 rings (SSSR count). The van der Waals surface area contributed by atoms with Crippen molar-refractivity contribution in [3.8, 4) is 0 Å². The first kappa shape index (κ1) is 26.3. The van der Waals surface area contributed by atoms with Crippen LogP contribution in [0.1, 0.15) is 19.3 Å². The van der Waals surface area contributed by atoms with Crippen molar-refractivity contribution in [3.63, 3.8) is 0 Å². The van der Waals surface area contributed by atoms with E-state index in [9.17, 15) is 0 Å². The Morgan fingerprint density at radius 3 is 1.44 bits per heavy atom. The Bertz CT molecular complexity index is 181. The molecular weight excluding hydrogens is 266 g/mol. The Hall–Kier alpha value is 1.71. The van der Waals surface area contributed by atoms with Crippen molar-refractivity contribution in [1.82, 2.24) is 0 Å². The van der Waals surface area contributed by atoms with Gasteiger partial charge in [0.05, 0.1) is 0 Å². The van der Waals surface area contributed by atoms with Gasteiger partial charge in [0.25, 0.3) is 0 Å². The van der Waals surface area contributed by atoms with Gasteiger partial charge < -0.3 is 18.9 Å². The van der Waals surface area contributed by atoms with Crippen molar-refractivity contribution in [2.45, 2.75) is 19.3 Å². The van der Waals surface area contributed by atoms with E-state index >= 15 is 0 Å². The molecule has 0 saturated carbocycles. The first-order valence-electron chi connectivity index (χ1n) is 3.61. The SMILES string of the molecule is C1CCOCC1.O=S(=O)([O-])O[O-].OO.[Na+].[Na+]. The minimum Gasteiger partial charge on any atom is -0.726 e. The average molecular weight is 278 g/mol. The second kappa shape index (κ2) is 19.1. The molecule has 1 saturated heterocycles. The summed E-state index contributed by atoms with van der Waals surface area (Å²) in [5.74, 6) is 0. The third kappa shape index (κ3) is 29.6. The van der Waals surface area contributed by atoms with E-state index in [1.54, 1.807) is 0 Å². The van der Waals surface area contributed by atoms with Crippen LogP contribution in [0.4, 0.5) is 0 Å². The minimum absolute atomic E-state index is 0. The Kier molecular flexibility index (Phi) is 31.3. The van der Waals surface area contributed by atoms with E-state index in [-0.39, 0.29) is 59.1 Å². The molecule has 0 amide bonds. The summed E-state index contributed by atoms with van der Waals surface area (Å²) in [6, 6.07) is 0. The predicted octanol–water partition coefficient (Wildman–Crippen LogP) is -7.05. The van der Waals surface area contributed by atoms with Crippen LogP contribution in [-0.2, 0) is 19.5 Å². The van der Waals surface area contributed by atoms with E-state index in [4.69, 9.17) is 33.5 Å². The molecule has 1 fully saturated rings. The Labute approximate surface area is 138 Å². The van der Waals surface area contributed by atoms with Crippen molar-refractivity contribution in [3.05, 3.63) is 0 Å². The van der Waals surface area contributed by atoms with E-state index in [1.807, 2.05) is 0 Å². The zero-order valence-corrected chi connectivity index (χ0v) is 14.1. The largest absolute Gasteiger partial charge is 1.00 e.